The first-order chi connectivity index (χ1) is 7.86. The van der Waals surface area contributed by atoms with Gasteiger partial charge in [0.1, 0.15) is 0 Å². The molecule has 1 nitrogen and oxygen atoms in total. The summed E-state index contributed by atoms with van der Waals surface area (Å²) in [6.07, 6.45) is 0. The van der Waals surface area contributed by atoms with Crippen LogP contribution in [-0.4, -0.2) is 5.71 Å². The second-order valence-corrected chi connectivity index (χ2v) is 4.62. The number of hydrogen-bond acceptors (Lipinski definition) is 1. The Morgan fingerprint density at radius 1 is 1.00 bits per heavy atom. The normalized spacial score (nSPS) is 8.76. The predicted molar refractivity (Wildman–Crippen MR) is 80.3 cm³/mol. The maximum atomic E-state index is 7.52. The first-order valence-corrected chi connectivity index (χ1v) is 6.48. The topological polar surface area (TPSA) is 23.9 Å². The third kappa shape index (κ3) is 8.67. The quantitative estimate of drug-likeness (QED) is 0.632. The highest BCUT2D eigenvalue weighted by atomic mass is 14.4. The van der Waals surface area contributed by atoms with Crippen molar-refractivity contribution in [2.45, 2.75) is 55.4 Å². The van der Waals surface area contributed by atoms with Gasteiger partial charge >= 0.3 is 0 Å². The third-order valence-electron chi connectivity index (χ3n) is 1.86. The predicted octanol–water partition coefficient (Wildman–Crippen LogP) is 5.38. The van der Waals surface area contributed by atoms with Gasteiger partial charge in [-0.05, 0) is 37.8 Å². The van der Waals surface area contributed by atoms with Crippen molar-refractivity contribution in [3.8, 4) is 0 Å². The molecule has 0 fully saturated rings. The minimum absolute atomic E-state index is 0.653. The van der Waals surface area contributed by atoms with Crippen LogP contribution in [0.3, 0.4) is 0 Å². The number of rotatable bonds is 1. The van der Waals surface area contributed by atoms with Gasteiger partial charge in [0, 0.05) is 11.3 Å². The molecule has 1 rings (SSSR count). The average Bonchev–Trinajstić information content (AvgIpc) is 2.19. The maximum Gasteiger partial charge on any atom is 0.0360 e. The second kappa shape index (κ2) is 10.1. The van der Waals surface area contributed by atoms with Gasteiger partial charge in [-0.2, -0.15) is 0 Å². The molecule has 1 aromatic rings. The minimum atomic E-state index is 0.653. The van der Waals surface area contributed by atoms with Gasteiger partial charge in [0.2, 0.25) is 0 Å². The minimum Gasteiger partial charge on any atom is -0.305 e. The summed E-state index contributed by atoms with van der Waals surface area (Å²) >= 11 is 0. The lowest BCUT2D eigenvalue weighted by Crippen LogP contribution is -1.98. The first kappa shape index (κ1) is 18.3. The fourth-order valence-corrected chi connectivity index (χ4v) is 1.41. The van der Waals surface area contributed by atoms with E-state index in [4.69, 9.17) is 5.41 Å². The summed E-state index contributed by atoms with van der Waals surface area (Å²) in [5.74, 6) is 0.833. The van der Waals surface area contributed by atoms with Crippen molar-refractivity contribution >= 4 is 5.71 Å². The zero-order valence-corrected chi connectivity index (χ0v) is 12.8. The summed E-state index contributed by atoms with van der Waals surface area (Å²) in [5, 5.41) is 7.52. The lowest BCUT2D eigenvalue weighted by molar-refractivity contribution is 0.737. The van der Waals surface area contributed by atoms with Crippen LogP contribution in [0.2, 0.25) is 0 Å². The van der Waals surface area contributed by atoms with E-state index in [9.17, 15) is 0 Å². The smallest absolute Gasteiger partial charge is 0.0360 e. The van der Waals surface area contributed by atoms with Crippen molar-refractivity contribution in [1.29, 1.82) is 5.41 Å². The molecule has 98 valence electrons. The van der Waals surface area contributed by atoms with Gasteiger partial charge in [-0.1, -0.05) is 52.8 Å². The van der Waals surface area contributed by atoms with E-state index in [1.54, 1.807) is 0 Å². The zero-order chi connectivity index (χ0) is 14.0. The Kier molecular flexibility index (Phi) is 10.8. The van der Waals surface area contributed by atoms with E-state index in [2.05, 4.69) is 20.8 Å². The van der Waals surface area contributed by atoms with Crippen LogP contribution in [0.1, 0.15) is 58.2 Å². The van der Waals surface area contributed by atoms with Crippen LogP contribution in [0, 0.1) is 25.2 Å². The number of benzene rings is 1. The van der Waals surface area contributed by atoms with Crippen LogP contribution in [0.4, 0.5) is 0 Å². The molecule has 1 heteroatoms. The zero-order valence-electron chi connectivity index (χ0n) is 12.8. The van der Waals surface area contributed by atoms with E-state index in [1.807, 2.05) is 52.8 Å². The summed E-state index contributed by atoms with van der Waals surface area (Å²) < 4.78 is 0. The van der Waals surface area contributed by atoms with Gasteiger partial charge in [0.15, 0.2) is 0 Å². The summed E-state index contributed by atoms with van der Waals surface area (Å²) in [5.41, 5.74) is 4.13. The highest BCUT2D eigenvalue weighted by Gasteiger charge is 2.02. The Bertz CT molecular complexity index is 301. The highest BCUT2D eigenvalue weighted by molar-refractivity contribution is 5.98. The van der Waals surface area contributed by atoms with Crippen LogP contribution in [0.5, 0.6) is 0 Å². The van der Waals surface area contributed by atoms with Crippen LogP contribution in [0.15, 0.2) is 18.2 Å². The van der Waals surface area contributed by atoms with Crippen molar-refractivity contribution in [3.63, 3.8) is 0 Å². The molecule has 0 saturated carbocycles. The van der Waals surface area contributed by atoms with Crippen LogP contribution in [0.25, 0.3) is 0 Å². The van der Waals surface area contributed by atoms with Crippen LogP contribution >= 0.6 is 0 Å². The first-order valence-electron chi connectivity index (χ1n) is 6.48. The van der Waals surface area contributed by atoms with Crippen molar-refractivity contribution in [2.24, 2.45) is 5.92 Å². The van der Waals surface area contributed by atoms with E-state index in [1.165, 1.54) is 11.1 Å². The molecule has 0 unspecified atom stereocenters. The van der Waals surface area contributed by atoms with E-state index >= 15 is 0 Å². The molecule has 0 atom stereocenters. The summed E-state index contributed by atoms with van der Waals surface area (Å²) in [6, 6.07) is 6.11. The second-order valence-electron chi connectivity index (χ2n) is 4.62. The van der Waals surface area contributed by atoms with Gasteiger partial charge in [-0.15, -0.1) is 0 Å². The Balaban J connectivity index is 0. The fourth-order valence-electron chi connectivity index (χ4n) is 1.41. The maximum absolute atomic E-state index is 7.52. The molecule has 0 bridgehead atoms. The van der Waals surface area contributed by atoms with Crippen molar-refractivity contribution < 1.29 is 0 Å². The van der Waals surface area contributed by atoms with Crippen LogP contribution in [-0.2, 0) is 0 Å². The molecular weight excluding hydrogens is 206 g/mol. The third-order valence-corrected chi connectivity index (χ3v) is 1.86. The Hall–Kier alpha value is -1.11. The van der Waals surface area contributed by atoms with Crippen LogP contribution < -0.4 is 0 Å². The SMILES string of the molecule is CC.CC(=N)c1c(C)cccc1C.CC(C)C. The molecule has 0 heterocycles. The Labute approximate surface area is 108 Å². The van der Waals surface area contributed by atoms with Gasteiger partial charge in [-0.25, -0.2) is 0 Å². The van der Waals surface area contributed by atoms with E-state index in [0.717, 1.165) is 11.5 Å². The number of nitrogens with one attached hydrogen (secondary N) is 1. The summed E-state index contributed by atoms with van der Waals surface area (Å²) in [7, 11) is 0. The lowest BCUT2D eigenvalue weighted by Gasteiger charge is -2.06. The standard InChI is InChI=1S/C10H13N.C4H10.C2H6/c1-7-5-4-6-8(2)10(7)9(3)11;1-4(2)3;1-2/h4-6,11H,1-3H3;4H,1-3H3;1-2H3. The van der Waals surface area contributed by atoms with E-state index < -0.39 is 0 Å². The number of hydrogen-bond donors (Lipinski definition) is 1. The molecule has 0 radical (unpaired) electrons. The summed E-state index contributed by atoms with van der Waals surface area (Å²) in [6.45, 7) is 16.4. The molecule has 0 aromatic heterocycles. The molecule has 0 aliphatic carbocycles. The largest absolute Gasteiger partial charge is 0.305 e. The monoisotopic (exact) mass is 235 g/mol. The molecular formula is C16H29N. The van der Waals surface area contributed by atoms with E-state index in [0.29, 0.717) is 5.71 Å². The van der Waals surface area contributed by atoms with Crippen molar-refractivity contribution in [2.75, 3.05) is 0 Å². The average molecular weight is 235 g/mol. The molecule has 0 amide bonds. The molecule has 1 aromatic carbocycles. The Morgan fingerprint density at radius 2 is 1.29 bits per heavy atom. The fraction of sp³-hybridized carbons (Fsp3) is 0.562. The Morgan fingerprint density at radius 3 is 1.47 bits per heavy atom. The summed E-state index contributed by atoms with van der Waals surface area (Å²) in [4.78, 5) is 0. The molecule has 17 heavy (non-hydrogen) atoms. The molecule has 0 aliphatic heterocycles. The molecule has 0 aliphatic rings. The number of aryl methyl sites for hydroxylation is 2. The molecule has 1 N–H and O–H groups in total. The van der Waals surface area contributed by atoms with Gasteiger partial charge in [-0.3, -0.25) is 0 Å². The van der Waals surface area contributed by atoms with Gasteiger partial charge < -0.3 is 5.41 Å². The molecule has 0 saturated heterocycles. The van der Waals surface area contributed by atoms with E-state index in [-0.39, 0.29) is 0 Å². The van der Waals surface area contributed by atoms with Crippen molar-refractivity contribution in [3.05, 3.63) is 34.9 Å². The lowest BCUT2D eigenvalue weighted by atomic mass is 10.00. The van der Waals surface area contributed by atoms with Gasteiger partial charge in [0.05, 0.1) is 0 Å². The van der Waals surface area contributed by atoms with Gasteiger partial charge in [0.25, 0.3) is 0 Å². The molecule has 0 spiro atoms. The van der Waals surface area contributed by atoms with Crippen molar-refractivity contribution in [1.82, 2.24) is 0 Å². The highest BCUT2D eigenvalue weighted by Crippen LogP contribution is 2.12.